The van der Waals surface area contributed by atoms with E-state index in [0.29, 0.717) is 5.76 Å². The lowest BCUT2D eigenvalue weighted by Gasteiger charge is -2.26. The van der Waals surface area contributed by atoms with Gasteiger partial charge in [0.25, 0.3) is 0 Å². The Hall–Kier alpha value is -2.02. The van der Waals surface area contributed by atoms with Gasteiger partial charge in [0.2, 0.25) is 0 Å². The van der Waals surface area contributed by atoms with E-state index in [1.54, 1.807) is 13.1 Å². The highest BCUT2D eigenvalue weighted by molar-refractivity contribution is 5.77. The largest absolute Gasteiger partial charge is 0.481 e. The monoisotopic (exact) mass is 282 g/mol. The maximum atomic E-state index is 12.0. The zero-order valence-corrected chi connectivity index (χ0v) is 11.5. The Morgan fingerprint density at radius 3 is 2.80 bits per heavy atom. The van der Waals surface area contributed by atoms with E-state index in [9.17, 15) is 9.59 Å². The van der Waals surface area contributed by atoms with E-state index in [1.165, 1.54) is 4.90 Å². The molecule has 2 heterocycles. The van der Waals surface area contributed by atoms with Gasteiger partial charge in [-0.1, -0.05) is 0 Å². The number of hydrogen-bond acceptors (Lipinski definition) is 4. The van der Waals surface area contributed by atoms with Gasteiger partial charge in [0, 0.05) is 7.05 Å². The van der Waals surface area contributed by atoms with Gasteiger partial charge in [-0.05, 0) is 19.1 Å². The summed E-state index contributed by atoms with van der Waals surface area (Å²) in [6.07, 6.45) is 0. The Morgan fingerprint density at radius 2 is 2.20 bits per heavy atom. The number of carboxylic acid groups (broad SMARTS) is 1. The van der Waals surface area contributed by atoms with E-state index in [1.807, 2.05) is 13.0 Å². The van der Waals surface area contributed by atoms with Crippen LogP contribution in [0.1, 0.15) is 11.5 Å². The summed E-state index contributed by atoms with van der Waals surface area (Å²) in [5, 5.41) is 11.8. The minimum absolute atomic E-state index is 0.134. The second kappa shape index (κ2) is 5.96. The van der Waals surface area contributed by atoms with Gasteiger partial charge in [-0.15, -0.1) is 0 Å². The summed E-state index contributed by atoms with van der Waals surface area (Å²) >= 11 is 0. The van der Waals surface area contributed by atoms with Crippen LogP contribution in [-0.2, 0) is 16.1 Å². The molecule has 0 aromatic carbocycles. The second-order valence-corrected chi connectivity index (χ2v) is 4.83. The first kappa shape index (κ1) is 14.4. The fourth-order valence-electron chi connectivity index (χ4n) is 2.18. The van der Waals surface area contributed by atoms with Crippen molar-refractivity contribution < 1.29 is 23.8 Å². The first-order valence-corrected chi connectivity index (χ1v) is 6.35. The van der Waals surface area contributed by atoms with E-state index in [4.69, 9.17) is 14.3 Å². The molecule has 2 atom stereocenters. The van der Waals surface area contributed by atoms with E-state index >= 15 is 0 Å². The van der Waals surface area contributed by atoms with Crippen LogP contribution in [0.3, 0.4) is 0 Å². The van der Waals surface area contributed by atoms with E-state index in [-0.39, 0.29) is 25.8 Å². The average Bonchev–Trinajstić information content (AvgIpc) is 3.03. The number of carboxylic acids is 1. The molecule has 2 amide bonds. The van der Waals surface area contributed by atoms with E-state index in [2.05, 4.69) is 5.32 Å². The number of aliphatic carboxylic acids is 1. The molecule has 0 spiro atoms. The second-order valence-electron chi connectivity index (χ2n) is 4.83. The third-order valence-electron chi connectivity index (χ3n) is 3.40. The van der Waals surface area contributed by atoms with Crippen molar-refractivity contribution in [1.29, 1.82) is 0 Å². The Labute approximate surface area is 116 Å². The molecule has 20 heavy (non-hydrogen) atoms. The number of rotatable bonds is 4. The quantitative estimate of drug-likeness (QED) is 0.853. The van der Waals surface area contributed by atoms with Crippen LogP contribution in [0.2, 0.25) is 0 Å². The molecule has 0 aliphatic carbocycles. The first-order chi connectivity index (χ1) is 9.49. The van der Waals surface area contributed by atoms with Crippen molar-refractivity contribution in [2.45, 2.75) is 19.5 Å². The Morgan fingerprint density at radius 1 is 1.45 bits per heavy atom. The lowest BCUT2D eigenvalue weighted by molar-refractivity contribution is -0.142. The molecule has 1 aliphatic rings. The highest BCUT2D eigenvalue weighted by Gasteiger charge is 2.38. The number of nitrogens with zero attached hydrogens (tertiary/aromatic N) is 1. The highest BCUT2D eigenvalue weighted by Crippen LogP contribution is 2.19. The zero-order valence-electron chi connectivity index (χ0n) is 11.5. The van der Waals surface area contributed by atoms with Gasteiger partial charge in [-0.3, -0.25) is 4.79 Å². The molecule has 110 valence electrons. The number of carbonyl (C=O) groups excluding carboxylic acids is 1. The molecule has 0 bridgehead atoms. The standard InChI is InChI=1S/C13H18N2O5/c1-8-3-4-9(20-8)5-14-13(18)15(2)11-7-19-6-10(11)12(16)17/h3-4,10-11H,5-7H2,1-2H3,(H,14,18)(H,16,17). The van der Waals surface area contributed by atoms with Crippen molar-refractivity contribution in [1.82, 2.24) is 10.2 Å². The van der Waals surface area contributed by atoms with Gasteiger partial charge in [0.1, 0.15) is 17.4 Å². The maximum absolute atomic E-state index is 12.0. The summed E-state index contributed by atoms with van der Waals surface area (Å²) in [6.45, 7) is 2.46. The lowest BCUT2D eigenvalue weighted by atomic mass is 10.0. The smallest absolute Gasteiger partial charge is 0.317 e. The lowest BCUT2D eigenvalue weighted by Crippen LogP contribution is -2.48. The SMILES string of the molecule is Cc1ccc(CNC(=O)N(C)C2COCC2C(=O)O)o1. The number of ether oxygens (including phenoxy) is 1. The summed E-state index contributed by atoms with van der Waals surface area (Å²) in [4.78, 5) is 24.4. The maximum Gasteiger partial charge on any atom is 0.317 e. The molecule has 1 aromatic rings. The van der Waals surface area contributed by atoms with Crippen LogP contribution in [-0.4, -0.2) is 48.3 Å². The molecular weight excluding hydrogens is 264 g/mol. The van der Waals surface area contributed by atoms with Crippen LogP contribution in [0.25, 0.3) is 0 Å². The van der Waals surface area contributed by atoms with Crippen molar-refractivity contribution >= 4 is 12.0 Å². The molecular formula is C13H18N2O5. The number of carbonyl (C=O) groups is 2. The normalized spacial score (nSPS) is 21.7. The summed E-state index contributed by atoms with van der Waals surface area (Å²) in [5.74, 6) is -0.204. The summed E-state index contributed by atoms with van der Waals surface area (Å²) in [6, 6.07) is 2.80. The molecule has 2 N–H and O–H groups in total. The average molecular weight is 282 g/mol. The molecule has 1 aliphatic heterocycles. The molecule has 2 unspecified atom stereocenters. The minimum Gasteiger partial charge on any atom is -0.481 e. The van der Waals surface area contributed by atoms with E-state index in [0.717, 1.165) is 5.76 Å². The Kier molecular flexibility index (Phi) is 4.29. The molecule has 2 rings (SSSR count). The van der Waals surface area contributed by atoms with Gasteiger partial charge in [0.05, 0.1) is 25.8 Å². The van der Waals surface area contributed by atoms with Crippen LogP contribution < -0.4 is 5.32 Å². The molecule has 7 nitrogen and oxygen atoms in total. The fourth-order valence-corrected chi connectivity index (χ4v) is 2.18. The highest BCUT2D eigenvalue weighted by atomic mass is 16.5. The van der Waals surface area contributed by atoms with Crippen molar-refractivity contribution in [2.24, 2.45) is 5.92 Å². The molecule has 0 saturated carbocycles. The first-order valence-electron chi connectivity index (χ1n) is 6.35. The van der Waals surface area contributed by atoms with Crippen molar-refractivity contribution in [2.75, 3.05) is 20.3 Å². The van der Waals surface area contributed by atoms with Crippen LogP contribution in [0.15, 0.2) is 16.5 Å². The predicted molar refractivity (Wildman–Crippen MR) is 69.2 cm³/mol. The Bertz CT molecular complexity index is 499. The zero-order chi connectivity index (χ0) is 14.7. The number of nitrogens with one attached hydrogen (secondary N) is 1. The number of urea groups is 1. The third-order valence-corrected chi connectivity index (χ3v) is 3.40. The van der Waals surface area contributed by atoms with Crippen molar-refractivity contribution in [3.05, 3.63) is 23.7 Å². The molecule has 0 radical (unpaired) electrons. The van der Waals surface area contributed by atoms with Crippen molar-refractivity contribution in [3.8, 4) is 0 Å². The van der Waals surface area contributed by atoms with Crippen LogP contribution >= 0.6 is 0 Å². The van der Waals surface area contributed by atoms with Gasteiger partial charge < -0.3 is 24.5 Å². The number of hydrogen-bond donors (Lipinski definition) is 2. The molecule has 1 fully saturated rings. The number of aryl methyl sites for hydroxylation is 1. The summed E-state index contributed by atoms with van der Waals surface area (Å²) in [5.41, 5.74) is 0. The molecule has 1 aromatic heterocycles. The number of likely N-dealkylation sites (N-methyl/N-ethyl adjacent to an activating group) is 1. The third kappa shape index (κ3) is 3.11. The molecule has 1 saturated heterocycles. The summed E-state index contributed by atoms with van der Waals surface area (Å²) in [7, 11) is 1.57. The topological polar surface area (TPSA) is 92.0 Å². The van der Waals surface area contributed by atoms with Crippen molar-refractivity contribution in [3.63, 3.8) is 0 Å². The number of amides is 2. The van der Waals surface area contributed by atoms with Gasteiger partial charge >= 0.3 is 12.0 Å². The number of furan rings is 1. The van der Waals surface area contributed by atoms with Crippen LogP contribution in [0.5, 0.6) is 0 Å². The summed E-state index contributed by atoms with van der Waals surface area (Å²) < 4.78 is 10.5. The predicted octanol–water partition coefficient (Wildman–Crippen LogP) is 0.829. The molecule has 7 heteroatoms. The van der Waals surface area contributed by atoms with Crippen LogP contribution in [0.4, 0.5) is 4.79 Å². The minimum atomic E-state index is -0.950. The van der Waals surface area contributed by atoms with Gasteiger partial charge in [0.15, 0.2) is 0 Å². The van der Waals surface area contributed by atoms with E-state index < -0.39 is 17.9 Å². The fraction of sp³-hybridized carbons (Fsp3) is 0.538. The Balaban J connectivity index is 1.90. The van der Waals surface area contributed by atoms with Crippen LogP contribution in [0, 0.1) is 12.8 Å². The van der Waals surface area contributed by atoms with Gasteiger partial charge in [-0.2, -0.15) is 0 Å². The van der Waals surface area contributed by atoms with Gasteiger partial charge in [-0.25, -0.2) is 4.79 Å².